The zero-order valence-corrected chi connectivity index (χ0v) is 15.0. The Bertz CT molecular complexity index is 578. The van der Waals surface area contributed by atoms with Gasteiger partial charge in [-0.25, -0.2) is 4.98 Å². The standard InChI is InChI=1S/C15H18BrClN2S/c1-4-7-18-14(15-19-9(2)10(3)20-15)12-8-11(16)5-6-13(12)17/h5-6,8,14,18H,4,7H2,1-3H3. The smallest absolute Gasteiger partial charge is 0.115 e. The van der Waals surface area contributed by atoms with Gasteiger partial charge in [-0.3, -0.25) is 0 Å². The van der Waals surface area contributed by atoms with Crippen molar-refractivity contribution in [3.8, 4) is 0 Å². The van der Waals surface area contributed by atoms with Crippen LogP contribution in [0.4, 0.5) is 0 Å². The quantitative estimate of drug-likeness (QED) is 0.772. The molecule has 1 aromatic heterocycles. The van der Waals surface area contributed by atoms with Crippen molar-refractivity contribution in [3.05, 3.63) is 48.8 Å². The number of aryl methyl sites for hydroxylation is 2. The second-order valence-corrected chi connectivity index (χ2v) is 7.30. The number of halogens is 2. The van der Waals surface area contributed by atoms with Crippen molar-refractivity contribution in [1.82, 2.24) is 10.3 Å². The SMILES string of the molecule is CCCNC(c1nc(C)c(C)s1)c1cc(Br)ccc1Cl. The Morgan fingerprint density at radius 1 is 1.40 bits per heavy atom. The summed E-state index contributed by atoms with van der Waals surface area (Å²) in [5.41, 5.74) is 2.17. The molecule has 1 unspecified atom stereocenters. The Morgan fingerprint density at radius 3 is 2.75 bits per heavy atom. The largest absolute Gasteiger partial charge is 0.304 e. The highest BCUT2D eigenvalue weighted by atomic mass is 79.9. The Kier molecular flexibility index (Phi) is 5.61. The minimum absolute atomic E-state index is 0.0531. The summed E-state index contributed by atoms with van der Waals surface area (Å²) in [4.78, 5) is 5.95. The number of nitrogens with zero attached hydrogens (tertiary/aromatic N) is 1. The van der Waals surface area contributed by atoms with Crippen LogP contribution in [0.15, 0.2) is 22.7 Å². The molecule has 2 aromatic rings. The molecule has 1 heterocycles. The van der Waals surface area contributed by atoms with Crippen LogP contribution in [0.25, 0.3) is 0 Å². The van der Waals surface area contributed by atoms with E-state index in [0.717, 1.165) is 38.7 Å². The summed E-state index contributed by atoms with van der Waals surface area (Å²) >= 11 is 11.6. The predicted molar refractivity (Wildman–Crippen MR) is 90.9 cm³/mol. The van der Waals surface area contributed by atoms with E-state index in [1.165, 1.54) is 4.88 Å². The minimum Gasteiger partial charge on any atom is -0.304 e. The third-order valence-corrected chi connectivity index (χ3v) is 5.13. The second-order valence-electron chi connectivity index (χ2n) is 4.75. The summed E-state index contributed by atoms with van der Waals surface area (Å²) in [6, 6.07) is 6.01. The first-order valence-corrected chi connectivity index (χ1v) is 8.64. The van der Waals surface area contributed by atoms with Crippen LogP contribution in [0.1, 0.15) is 40.5 Å². The third-order valence-electron chi connectivity index (χ3n) is 3.16. The van der Waals surface area contributed by atoms with E-state index in [4.69, 9.17) is 16.6 Å². The number of thiazole rings is 1. The molecule has 0 saturated heterocycles. The summed E-state index contributed by atoms with van der Waals surface area (Å²) in [6.07, 6.45) is 1.07. The van der Waals surface area contributed by atoms with Gasteiger partial charge in [-0.2, -0.15) is 0 Å². The average Bonchev–Trinajstić information content (AvgIpc) is 2.74. The third kappa shape index (κ3) is 3.61. The molecule has 1 N–H and O–H groups in total. The lowest BCUT2D eigenvalue weighted by Gasteiger charge is -2.18. The Hall–Kier alpha value is -0.420. The molecule has 2 rings (SSSR count). The number of nitrogens with one attached hydrogen (secondary N) is 1. The number of rotatable bonds is 5. The Balaban J connectivity index is 2.43. The van der Waals surface area contributed by atoms with Crippen LogP contribution in [-0.4, -0.2) is 11.5 Å². The zero-order chi connectivity index (χ0) is 14.7. The van der Waals surface area contributed by atoms with Crippen molar-refractivity contribution in [2.75, 3.05) is 6.54 Å². The van der Waals surface area contributed by atoms with Gasteiger partial charge in [-0.15, -0.1) is 11.3 Å². The molecule has 0 spiro atoms. The van der Waals surface area contributed by atoms with Gasteiger partial charge < -0.3 is 5.32 Å². The van der Waals surface area contributed by atoms with Crippen LogP contribution in [0.2, 0.25) is 5.02 Å². The van der Waals surface area contributed by atoms with E-state index in [1.807, 2.05) is 12.1 Å². The van der Waals surface area contributed by atoms with Crippen molar-refractivity contribution in [3.63, 3.8) is 0 Å². The zero-order valence-electron chi connectivity index (χ0n) is 11.8. The number of hydrogen-bond donors (Lipinski definition) is 1. The van der Waals surface area contributed by atoms with Gasteiger partial charge in [0.05, 0.1) is 11.7 Å². The van der Waals surface area contributed by atoms with E-state index in [0.29, 0.717) is 0 Å². The van der Waals surface area contributed by atoms with Crippen molar-refractivity contribution in [2.24, 2.45) is 0 Å². The van der Waals surface area contributed by atoms with Gasteiger partial charge in [-0.1, -0.05) is 34.5 Å². The van der Waals surface area contributed by atoms with E-state index in [9.17, 15) is 0 Å². The maximum absolute atomic E-state index is 6.38. The monoisotopic (exact) mass is 372 g/mol. The lowest BCUT2D eigenvalue weighted by molar-refractivity contribution is 0.595. The van der Waals surface area contributed by atoms with Gasteiger partial charge in [-0.05, 0) is 50.6 Å². The lowest BCUT2D eigenvalue weighted by Crippen LogP contribution is -2.23. The summed E-state index contributed by atoms with van der Waals surface area (Å²) in [6.45, 7) is 7.25. The first-order chi connectivity index (χ1) is 9.52. The van der Waals surface area contributed by atoms with Crippen molar-refractivity contribution in [2.45, 2.75) is 33.2 Å². The van der Waals surface area contributed by atoms with Gasteiger partial charge >= 0.3 is 0 Å². The molecule has 0 aliphatic carbocycles. The van der Waals surface area contributed by atoms with E-state index < -0.39 is 0 Å². The van der Waals surface area contributed by atoms with Crippen LogP contribution < -0.4 is 5.32 Å². The molecular weight excluding hydrogens is 356 g/mol. The maximum atomic E-state index is 6.38. The molecule has 0 radical (unpaired) electrons. The normalized spacial score (nSPS) is 12.7. The number of hydrogen-bond acceptors (Lipinski definition) is 3. The summed E-state index contributed by atoms with van der Waals surface area (Å²) < 4.78 is 1.03. The van der Waals surface area contributed by atoms with Crippen molar-refractivity contribution < 1.29 is 0 Å². The highest BCUT2D eigenvalue weighted by molar-refractivity contribution is 9.10. The average molecular weight is 374 g/mol. The molecule has 0 bridgehead atoms. The molecule has 0 aliphatic rings. The van der Waals surface area contributed by atoms with Crippen LogP contribution in [0.3, 0.4) is 0 Å². The lowest BCUT2D eigenvalue weighted by atomic mass is 10.1. The van der Waals surface area contributed by atoms with Gasteiger partial charge in [0.25, 0.3) is 0 Å². The number of benzene rings is 1. The van der Waals surface area contributed by atoms with E-state index in [1.54, 1.807) is 11.3 Å². The Labute approximate surface area is 137 Å². The summed E-state index contributed by atoms with van der Waals surface area (Å²) in [5, 5.41) is 5.40. The highest BCUT2D eigenvalue weighted by Gasteiger charge is 2.20. The minimum atomic E-state index is 0.0531. The molecule has 0 amide bonds. The summed E-state index contributed by atoms with van der Waals surface area (Å²) in [7, 11) is 0. The molecule has 0 saturated carbocycles. The Morgan fingerprint density at radius 2 is 2.15 bits per heavy atom. The van der Waals surface area contributed by atoms with Gasteiger partial charge in [0, 0.05) is 14.4 Å². The number of aromatic nitrogens is 1. The van der Waals surface area contributed by atoms with E-state index >= 15 is 0 Å². The molecule has 1 atom stereocenters. The topological polar surface area (TPSA) is 24.9 Å². The van der Waals surface area contributed by atoms with Gasteiger partial charge in [0.1, 0.15) is 5.01 Å². The molecule has 20 heavy (non-hydrogen) atoms. The maximum Gasteiger partial charge on any atom is 0.115 e. The van der Waals surface area contributed by atoms with E-state index in [-0.39, 0.29) is 6.04 Å². The van der Waals surface area contributed by atoms with Crippen LogP contribution in [0.5, 0.6) is 0 Å². The second kappa shape index (κ2) is 7.03. The molecule has 1 aromatic carbocycles. The molecule has 2 nitrogen and oxygen atoms in total. The van der Waals surface area contributed by atoms with Gasteiger partial charge in [0.15, 0.2) is 0 Å². The molecular formula is C15H18BrClN2S. The fourth-order valence-corrected chi connectivity index (χ4v) is 3.60. The fourth-order valence-electron chi connectivity index (χ4n) is 1.98. The van der Waals surface area contributed by atoms with E-state index in [2.05, 4.69) is 48.1 Å². The molecule has 0 aliphatic heterocycles. The molecule has 108 valence electrons. The molecule has 5 heteroatoms. The van der Waals surface area contributed by atoms with Crippen LogP contribution in [-0.2, 0) is 0 Å². The van der Waals surface area contributed by atoms with Crippen molar-refractivity contribution in [1.29, 1.82) is 0 Å². The van der Waals surface area contributed by atoms with Crippen LogP contribution >= 0.6 is 38.9 Å². The molecule has 0 fully saturated rings. The summed E-state index contributed by atoms with van der Waals surface area (Å²) in [5.74, 6) is 0. The predicted octanol–water partition coefficient (Wildman–Crippen LogP) is 5.26. The van der Waals surface area contributed by atoms with Crippen LogP contribution in [0, 0.1) is 13.8 Å². The van der Waals surface area contributed by atoms with Crippen molar-refractivity contribution >= 4 is 38.9 Å². The first kappa shape index (κ1) is 16.0. The first-order valence-electron chi connectivity index (χ1n) is 6.65. The van der Waals surface area contributed by atoms with Gasteiger partial charge in [0.2, 0.25) is 0 Å². The highest BCUT2D eigenvalue weighted by Crippen LogP contribution is 2.33. The fraction of sp³-hybridized carbons (Fsp3) is 0.400.